The molecule has 3 heterocycles. The van der Waals surface area contributed by atoms with Gasteiger partial charge in [-0.15, -0.1) is 0 Å². The summed E-state index contributed by atoms with van der Waals surface area (Å²) in [4.78, 5) is 21.6. The van der Waals surface area contributed by atoms with E-state index in [9.17, 15) is 30.8 Å². The fourth-order valence-electron chi connectivity index (χ4n) is 3.50. The van der Waals surface area contributed by atoms with E-state index in [0.29, 0.717) is 23.4 Å². The fraction of sp³-hybridized carbons (Fsp3) is 0.318. The number of likely N-dealkylation sites (tertiary alicyclic amines) is 1. The summed E-state index contributed by atoms with van der Waals surface area (Å²) in [6.45, 7) is 4.13. The highest BCUT2D eigenvalue weighted by molar-refractivity contribution is 7.92. The van der Waals surface area contributed by atoms with Crippen LogP contribution in [0, 0.1) is 12.7 Å². The Labute approximate surface area is 213 Å². The zero-order valence-corrected chi connectivity index (χ0v) is 21.0. The van der Waals surface area contributed by atoms with Gasteiger partial charge in [0, 0.05) is 24.0 Å². The number of hydrogen-bond donors (Lipinski definition) is 1. The quantitative estimate of drug-likeness (QED) is 0.310. The Morgan fingerprint density at radius 3 is 2.62 bits per heavy atom. The van der Waals surface area contributed by atoms with Crippen LogP contribution in [0.1, 0.15) is 23.1 Å². The number of sulfonamides is 1. The Morgan fingerprint density at radius 2 is 2.03 bits per heavy atom. The molecule has 15 heteroatoms. The average molecular weight is 560 g/mol. The van der Waals surface area contributed by atoms with Gasteiger partial charge in [-0.25, -0.2) is 14.2 Å². The molecule has 1 aliphatic heterocycles. The highest BCUT2D eigenvalue weighted by Gasteiger charge is 2.45. The van der Waals surface area contributed by atoms with Crippen LogP contribution < -0.4 is 9.79 Å². The molecule has 3 aromatic rings. The van der Waals surface area contributed by atoms with Crippen molar-refractivity contribution in [2.75, 3.05) is 22.9 Å². The van der Waals surface area contributed by atoms with Crippen molar-refractivity contribution in [2.24, 2.45) is 0 Å². The molecule has 0 unspecified atom stereocenters. The lowest BCUT2D eigenvalue weighted by molar-refractivity contribution is -0.199. The average Bonchev–Trinajstić information content (AvgIpc) is 3.33. The number of aryl methyl sites for hydroxylation is 1. The van der Waals surface area contributed by atoms with Crippen LogP contribution in [0.5, 0.6) is 0 Å². The summed E-state index contributed by atoms with van der Waals surface area (Å²) in [5.41, 5.74) is 2.01. The van der Waals surface area contributed by atoms with Crippen LogP contribution in [0.3, 0.4) is 0 Å². The van der Waals surface area contributed by atoms with Gasteiger partial charge in [0.25, 0.3) is 0 Å². The van der Waals surface area contributed by atoms with Crippen molar-refractivity contribution in [3.8, 4) is 0 Å². The number of carbonyl (C=O) groups excluding carboxylic acids is 1. The monoisotopic (exact) mass is 559 g/mol. The molecule has 1 aliphatic rings. The van der Waals surface area contributed by atoms with Crippen molar-refractivity contribution in [2.45, 2.75) is 37.6 Å². The van der Waals surface area contributed by atoms with Gasteiger partial charge in [-0.1, -0.05) is 16.6 Å². The first-order valence-corrected chi connectivity index (χ1v) is 13.2. The van der Waals surface area contributed by atoms with Crippen molar-refractivity contribution in [3.05, 3.63) is 64.4 Å². The van der Waals surface area contributed by atoms with Crippen LogP contribution >= 0.6 is 11.5 Å². The van der Waals surface area contributed by atoms with Crippen LogP contribution in [0.25, 0.3) is 0 Å². The first-order chi connectivity index (χ1) is 17.5. The normalized spacial score (nSPS) is 14.2. The molecule has 0 spiro atoms. The van der Waals surface area contributed by atoms with E-state index in [-0.39, 0.29) is 16.8 Å². The van der Waals surface area contributed by atoms with Crippen LogP contribution in [0.15, 0.2) is 46.9 Å². The number of carbonyl (C=O) groups is 1. The molecule has 37 heavy (non-hydrogen) atoms. The Bertz CT molecular complexity index is 1380. The molecule has 0 saturated carbocycles. The van der Waals surface area contributed by atoms with Gasteiger partial charge in [-0.2, -0.15) is 26.0 Å². The molecule has 0 amide bonds. The third kappa shape index (κ3) is 5.99. The van der Waals surface area contributed by atoms with E-state index in [4.69, 9.17) is 0 Å². The first-order valence-electron chi connectivity index (χ1n) is 10.9. The van der Waals surface area contributed by atoms with E-state index in [0.717, 1.165) is 54.9 Å². The Morgan fingerprint density at radius 1 is 1.27 bits per heavy atom. The Balaban J connectivity index is 1.56. The maximum absolute atomic E-state index is 14.6. The second kappa shape index (κ2) is 10.6. The van der Waals surface area contributed by atoms with Gasteiger partial charge in [-0.05, 0) is 67.3 Å². The fourth-order valence-corrected chi connectivity index (χ4v) is 5.23. The predicted octanol–water partition coefficient (Wildman–Crippen LogP) is 4.02. The van der Waals surface area contributed by atoms with Gasteiger partial charge >= 0.3 is 22.2 Å². The van der Waals surface area contributed by atoms with Crippen LogP contribution in [-0.2, 0) is 32.7 Å². The van der Waals surface area contributed by atoms with E-state index in [2.05, 4.69) is 24.4 Å². The molecule has 0 aliphatic carbocycles. The van der Waals surface area contributed by atoms with Crippen molar-refractivity contribution in [3.63, 3.8) is 0 Å². The number of rotatable bonds is 9. The third-order valence-electron chi connectivity index (χ3n) is 5.59. The number of benzene rings is 1. The van der Waals surface area contributed by atoms with E-state index < -0.39 is 33.0 Å². The maximum Gasteiger partial charge on any atom is 0.493 e. The summed E-state index contributed by atoms with van der Waals surface area (Å²) in [5.74, 6) is -3.67. The lowest BCUT2D eigenvalue weighted by Crippen LogP contribution is -2.39. The van der Waals surface area contributed by atoms with Crippen molar-refractivity contribution < 1.29 is 35.6 Å². The molecule has 4 rings (SSSR count). The van der Waals surface area contributed by atoms with Crippen LogP contribution in [0.2, 0.25) is 0 Å². The van der Waals surface area contributed by atoms with Gasteiger partial charge in [-0.3, -0.25) is 4.90 Å². The van der Waals surface area contributed by atoms with E-state index >= 15 is 0 Å². The summed E-state index contributed by atoms with van der Waals surface area (Å²) in [5, 5.41) is 3.65. The van der Waals surface area contributed by atoms with Crippen molar-refractivity contribution >= 4 is 39.0 Å². The minimum atomic E-state index is -5.44. The van der Waals surface area contributed by atoms with Gasteiger partial charge in [0.05, 0.1) is 11.9 Å². The van der Waals surface area contributed by atoms with E-state index in [1.807, 2.05) is 6.07 Å². The second-order valence-corrected chi connectivity index (χ2v) is 10.5. The zero-order valence-electron chi connectivity index (χ0n) is 19.3. The number of nitrogens with one attached hydrogen (secondary N) is 1. The predicted molar refractivity (Wildman–Crippen MR) is 127 cm³/mol. The minimum Gasteiger partial charge on any atom is -0.379 e. The number of pyridine rings is 1. The Hall–Kier alpha value is -3.30. The topological polar surface area (TPSA) is 105 Å². The Kier molecular flexibility index (Phi) is 7.66. The van der Waals surface area contributed by atoms with Crippen LogP contribution in [0.4, 0.5) is 29.1 Å². The molecule has 1 N–H and O–H groups in total. The molecular formula is C22H21F4N5O4S2. The second-order valence-electron chi connectivity index (χ2n) is 8.16. The first kappa shape index (κ1) is 26.8. The summed E-state index contributed by atoms with van der Waals surface area (Å²) in [6.07, 6.45) is -3.19. The lowest BCUT2D eigenvalue weighted by Gasteiger charge is -2.31. The van der Waals surface area contributed by atoms with Gasteiger partial charge in [0.2, 0.25) is 0 Å². The van der Waals surface area contributed by atoms with E-state index in [1.54, 1.807) is 13.0 Å². The maximum atomic E-state index is 14.6. The molecule has 198 valence electrons. The summed E-state index contributed by atoms with van der Waals surface area (Å²) < 4.78 is 82.5. The number of halogens is 4. The number of anilines is 2. The summed E-state index contributed by atoms with van der Waals surface area (Å²) in [7, 11) is -4.88. The number of nitrogens with zero attached hydrogens (tertiary/aromatic N) is 4. The molecule has 0 radical (unpaired) electrons. The highest BCUT2D eigenvalue weighted by atomic mass is 32.2. The zero-order chi connectivity index (χ0) is 26.8. The molecule has 9 nitrogen and oxygen atoms in total. The number of hydrogen-bond acceptors (Lipinski definition) is 9. The number of alkyl halides is 3. The van der Waals surface area contributed by atoms with E-state index in [1.165, 1.54) is 11.4 Å². The minimum absolute atomic E-state index is 0.0958. The molecule has 1 aromatic carbocycles. The lowest BCUT2D eigenvalue weighted by atomic mass is 10.0. The molecule has 2 aromatic heterocycles. The van der Waals surface area contributed by atoms with Crippen LogP contribution in [-0.4, -0.2) is 47.9 Å². The highest BCUT2D eigenvalue weighted by Crippen LogP contribution is 2.28. The smallest absolute Gasteiger partial charge is 0.379 e. The standard InChI is InChI=1S/C22H21F4N5O4S2/c1-14-10-20(37(33,34)31(19-6-9-36-29-19)35-21(32)22(24,25)26)28-12-18(14)27-11-16-15(4-2-5-17(16)23)13-30-7-3-8-30/h2,4-6,9-10,12,27H,3,7-8,11,13H2,1H3. The molecule has 1 fully saturated rings. The van der Waals surface area contributed by atoms with Gasteiger partial charge < -0.3 is 10.2 Å². The van der Waals surface area contributed by atoms with Crippen molar-refractivity contribution in [1.82, 2.24) is 14.3 Å². The van der Waals surface area contributed by atoms with Crippen molar-refractivity contribution in [1.29, 1.82) is 0 Å². The SMILES string of the molecule is Cc1cc(S(=O)(=O)N(OC(=O)C(F)(F)F)c2ccsn2)ncc1NCc1c(F)cccc1CN1CCC1. The molecular weight excluding hydrogens is 538 g/mol. The van der Waals surface area contributed by atoms with Gasteiger partial charge in [0.1, 0.15) is 5.82 Å². The summed E-state index contributed by atoms with van der Waals surface area (Å²) >= 11 is 0.742. The summed E-state index contributed by atoms with van der Waals surface area (Å²) in [6, 6.07) is 7.00. The van der Waals surface area contributed by atoms with Gasteiger partial charge in [0.15, 0.2) is 10.8 Å². The molecule has 0 atom stereocenters. The largest absolute Gasteiger partial charge is 0.493 e. The molecule has 0 bridgehead atoms. The molecule has 1 saturated heterocycles. The third-order valence-corrected chi connectivity index (χ3v) is 7.59. The number of aromatic nitrogens is 2.